The van der Waals surface area contributed by atoms with Gasteiger partial charge in [0.05, 0.1) is 5.52 Å². The molecule has 0 saturated carbocycles. The Morgan fingerprint density at radius 2 is 1.88 bits per heavy atom. The van der Waals surface area contributed by atoms with Crippen molar-refractivity contribution in [1.82, 2.24) is 14.3 Å². The summed E-state index contributed by atoms with van der Waals surface area (Å²) in [6, 6.07) is 5.13. The van der Waals surface area contributed by atoms with Crippen LogP contribution in [-0.4, -0.2) is 47.3 Å². The van der Waals surface area contributed by atoms with Gasteiger partial charge < -0.3 is 5.32 Å². The van der Waals surface area contributed by atoms with Crippen LogP contribution >= 0.6 is 27.5 Å². The highest BCUT2D eigenvalue weighted by Crippen LogP contribution is 2.31. The average Bonchev–Trinajstić information content (AvgIpc) is 2.55. The monoisotopic (exact) mass is 472 g/mol. The lowest BCUT2D eigenvalue weighted by atomic mass is 10.1. The lowest BCUT2D eigenvalue weighted by Crippen LogP contribution is -2.47. The molecule has 1 saturated heterocycles. The Morgan fingerprint density at radius 3 is 2.50 bits per heavy atom. The minimum Gasteiger partial charge on any atom is -0.367 e. The second-order valence-corrected chi connectivity index (χ2v) is 8.95. The lowest BCUT2D eigenvalue weighted by Gasteiger charge is -2.32. The average molecular weight is 474 g/mol. The molecule has 0 aliphatic carbocycles. The van der Waals surface area contributed by atoms with Crippen LogP contribution < -0.4 is 5.32 Å². The second kappa shape index (κ2) is 7.10. The number of nitrogens with zero attached hydrogens (tertiary/aromatic N) is 3. The summed E-state index contributed by atoms with van der Waals surface area (Å²) < 4.78 is 62.1. The van der Waals surface area contributed by atoms with Gasteiger partial charge in [-0.25, -0.2) is 18.4 Å². The summed E-state index contributed by atoms with van der Waals surface area (Å²) in [5, 5.41) is 3.89. The van der Waals surface area contributed by atoms with Crippen molar-refractivity contribution in [2.24, 2.45) is 0 Å². The maximum absolute atomic E-state index is 12.6. The molecule has 0 spiro atoms. The van der Waals surface area contributed by atoms with Crippen molar-refractivity contribution in [3.8, 4) is 0 Å². The molecular formula is C14H13BrClF3N4O2S. The minimum atomic E-state index is -5.29. The van der Waals surface area contributed by atoms with Gasteiger partial charge in [0.15, 0.2) is 0 Å². The highest BCUT2D eigenvalue weighted by molar-refractivity contribution is 9.10. The molecule has 1 aromatic heterocycles. The first-order valence-corrected chi connectivity index (χ1v) is 10.1. The first kappa shape index (κ1) is 19.6. The number of anilines is 1. The van der Waals surface area contributed by atoms with Gasteiger partial charge in [0.1, 0.15) is 5.82 Å². The van der Waals surface area contributed by atoms with Gasteiger partial charge in [-0.1, -0.05) is 15.9 Å². The highest BCUT2D eigenvalue weighted by Gasteiger charge is 2.50. The van der Waals surface area contributed by atoms with Crippen LogP contribution in [0.2, 0.25) is 5.28 Å². The Labute approximate surface area is 160 Å². The lowest BCUT2D eigenvalue weighted by molar-refractivity contribution is -0.0494. The number of piperidine rings is 1. The highest BCUT2D eigenvalue weighted by atomic mass is 79.9. The summed E-state index contributed by atoms with van der Waals surface area (Å²) in [5.74, 6) is 0.457. The number of benzene rings is 1. The predicted molar refractivity (Wildman–Crippen MR) is 95.4 cm³/mol. The third-order valence-corrected chi connectivity index (χ3v) is 6.35. The molecule has 3 rings (SSSR count). The molecule has 1 fully saturated rings. The Morgan fingerprint density at radius 1 is 1.23 bits per heavy atom. The summed E-state index contributed by atoms with van der Waals surface area (Å²) in [4.78, 5) is 8.28. The minimum absolute atomic E-state index is 0.0411. The summed E-state index contributed by atoms with van der Waals surface area (Å²) in [5.41, 5.74) is -4.66. The largest absolute Gasteiger partial charge is 0.511 e. The first-order valence-electron chi connectivity index (χ1n) is 7.54. The van der Waals surface area contributed by atoms with Crippen LogP contribution in [0.1, 0.15) is 12.8 Å². The predicted octanol–water partition coefficient (Wildman–Crippen LogP) is 3.77. The standard InChI is InChI=1S/C14H13BrClF3N4O2S/c15-8-1-2-11-10(7-8)12(22-13(16)21-11)20-9-3-5-23(6-4-9)26(24,25)14(17,18)19/h1-2,7,9H,3-6H2,(H,20,21,22). The van der Waals surface area contributed by atoms with Gasteiger partial charge in [0, 0.05) is 29.0 Å². The quantitative estimate of drug-likeness (QED) is 0.687. The van der Waals surface area contributed by atoms with Crippen molar-refractivity contribution in [3.05, 3.63) is 28.0 Å². The van der Waals surface area contributed by atoms with E-state index in [0.717, 1.165) is 4.47 Å². The fraction of sp³-hybridized carbons (Fsp3) is 0.429. The van der Waals surface area contributed by atoms with Gasteiger partial charge in [0.2, 0.25) is 5.28 Å². The fourth-order valence-electron chi connectivity index (χ4n) is 2.76. The summed E-state index contributed by atoms with van der Waals surface area (Å²) >= 11 is 9.29. The zero-order valence-corrected chi connectivity index (χ0v) is 16.3. The van der Waals surface area contributed by atoms with E-state index in [1.54, 1.807) is 18.2 Å². The summed E-state index contributed by atoms with van der Waals surface area (Å²) in [6.07, 6.45) is 0.429. The van der Waals surface area contributed by atoms with E-state index in [-0.39, 0.29) is 37.3 Å². The molecule has 6 nitrogen and oxygen atoms in total. The van der Waals surface area contributed by atoms with Crippen molar-refractivity contribution in [2.75, 3.05) is 18.4 Å². The number of sulfonamides is 1. The third kappa shape index (κ3) is 3.90. The van der Waals surface area contributed by atoms with Gasteiger partial charge in [0.25, 0.3) is 0 Å². The van der Waals surface area contributed by atoms with Crippen molar-refractivity contribution in [3.63, 3.8) is 0 Å². The number of halogens is 5. The third-order valence-electron chi connectivity index (χ3n) is 4.06. The number of alkyl halides is 3. The van der Waals surface area contributed by atoms with Crippen LogP contribution in [-0.2, 0) is 10.0 Å². The maximum atomic E-state index is 12.6. The number of rotatable bonds is 3. The van der Waals surface area contributed by atoms with Crippen molar-refractivity contribution >= 4 is 54.3 Å². The number of aromatic nitrogens is 2. The first-order chi connectivity index (χ1) is 12.1. The SMILES string of the molecule is O=S(=O)(N1CCC(Nc2nc(Cl)nc3ccc(Br)cc23)CC1)C(F)(F)F. The van der Waals surface area contributed by atoms with Gasteiger partial charge in [-0.2, -0.15) is 17.5 Å². The normalized spacial score (nSPS) is 17.6. The molecule has 0 amide bonds. The van der Waals surface area contributed by atoms with Gasteiger partial charge in [-0.05, 0) is 42.6 Å². The summed E-state index contributed by atoms with van der Waals surface area (Å²) in [7, 11) is -5.29. The molecule has 0 radical (unpaired) electrons. The molecule has 0 atom stereocenters. The maximum Gasteiger partial charge on any atom is 0.511 e. The number of hydrogen-bond acceptors (Lipinski definition) is 5. The van der Waals surface area contributed by atoms with E-state index in [2.05, 4.69) is 31.2 Å². The van der Waals surface area contributed by atoms with E-state index in [9.17, 15) is 21.6 Å². The van der Waals surface area contributed by atoms with Gasteiger partial charge in [-0.3, -0.25) is 0 Å². The van der Waals surface area contributed by atoms with Crippen molar-refractivity contribution in [2.45, 2.75) is 24.4 Å². The van der Waals surface area contributed by atoms with Crippen molar-refractivity contribution in [1.29, 1.82) is 0 Å². The number of hydrogen-bond donors (Lipinski definition) is 1. The fourth-order valence-corrected chi connectivity index (χ4v) is 4.28. The molecule has 2 aromatic rings. The van der Waals surface area contributed by atoms with Crippen LogP contribution in [0.5, 0.6) is 0 Å². The van der Waals surface area contributed by atoms with E-state index < -0.39 is 15.5 Å². The van der Waals surface area contributed by atoms with E-state index >= 15 is 0 Å². The van der Waals surface area contributed by atoms with E-state index in [1.807, 2.05) is 0 Å². The number of fused-ring (bicyclic) bond motifs is 1. The van der Waals surface area contributed by atoms with E-state index in [1.165, 1.54) is 0 Å². The molecular weight excluding hydrogens is 461 g/mol. The molecule has 12 heteroatoms. The Hall–Kier alpha value is -1.17. The molecule has 0 bridgehead atoms. The molecule has 0 unspecified atom stereocenters. The van der Waals surface area contributed by atoms with E-state index in [4.69, 9.17) is 11.6 Å². The molecule has 142 valence electrons. The Kier molecular flexibility index (Phi) is 5.35. The zero-order valence-electron chi connectivity index (χ0n) is 13.1. The molecule has 1 N–H and O–H groups in total. The molecule has 1 aliphatic heterocycles. The molecule has 26 heavy (non-hydrogen) atoms. The van der Waals surface area contributed by atoms with Gasteiger partial charge in [-0.15, -0.1) is 0 Å². The summed E-state index contributed by atoms with van der Waals surface area (Å²) in [6.45, 7) is -0.445. The molecule has 1 aliphatic rings. The number of nitrogens with one attached hydrogen (secondary N) is 1. The topological polar surface area (TPSA) is 75.2 Å². The Bertz CT molecular complexity index is 934. The second-order valence-electron chi connectivity index (χ2n) is 5.77. The Balaban J connectivity index is 1.76. The van der Waals surface area contributed by atoms with Crippen LogP contribution in [0, 0.1) is 0 Å². The van der Waals surface area contributed by atoms with Crippen LogP contribution in [0.15, 0.2) is 22.7 Å². The molecule has 1 aromatic carbocycles. The smallest absolute Gasteiger partial charge is 0.367 e. The molecule has 2 heterocycles. The van der Waals surface area contributed by atoms with E-state index in [0.29, 0.717) is 21.0 Å². The van der Waals surface area contributed by atoms with Gasteiger partial charge >= 0.3 is 15.5 Å². The van der Waals surface area contributed by atoms with Crippen molar-refractivity contribution < 1.29 is 21.6 Å². The van der Waals surface area contributed by atoms with Crippen LogP contribution in [0.3, 0.4) is 0 Å². The zero-order chi connectivity index (χ0) is 19.1. The van der Waals surface area contributed by atoms with Crippen LogP contribution in [0.4, 0.5) is 19.0 Å². The van der Waals surface area contributed by atoms with Crippen LogP contribution in [0.25, 0.3) is 10.9 Å².